The molecule has 0 bridgehead atoms. The summed E-state index contributed by atoms with van der Waals surface area (Å²) in [5, 5.41) is 9.18. The topological polar surface area (TPSA) is 75.7 Å². The normalized spacial score (nSPS) is 10.3. The number of aromatic hydroxyl groups is 1. The number of nitrogens with zero attached hydrogens (tertiary/aromatic N) is 1. The Kier molecular flexibility index (Phi) is 2.42. The quantitative estimate of drug-likeness (QED) is 0.605. The van der Waals surface area contributed by atoms with Gasteiger partial charge in [-0.05, 0) is 12.1 Å². The maximum Gasteiger partial charge on any atom is 0.338 e. The molecule has 0 heterocycles. The molecule has 1 rings (SSSR count). The average molecular weight is 164 g/mol. The number of nitrogens with two attached hydrogens (primary N) is 1. The summed E-state index contributed by atoms with van der Waals surface area (Å²) in [6, 6.07) is 5.75. The van der Waals surface area contributed by atoms with Crippen molar-refractivity contribution < 1.29 is 9.90 Å². The van der Waals surface area contributed by atoms with Gasteiger partial charge in [0.25, 0.3) is 0 Å². The Balaban J connectivity index is 2.89. The summed E-state index contributed by atoms with van der Waals surface area (Å²) in [6.07, 6.45) is 1.22. The smallest absolute Gasteiger partial charge is 0.338 e. The Morgan fingerprint density at radius 2 is 2.17 bits per heavy atom. The molecule has 0 saturated carbocycles. The minimum absolute atomic E-state index is 0.0718. The van der Waals surface area contributed by atoms with Crippen molar-refractivity contribution in [3.05, 3.63) is 29.8 Å². The van der Waals surface area contributed by atoms with Crippen molar-refractivity contribution in [2.24, 2.45) is 10.7 Å². The maximum absolute atomic E-state index is 10.2. The Hall–Kier alpha value is -1.84. The zero-order valence-corrected chi connectivity index (χ0v) is 6.27. The first kappa shape index (κ1) is 8.26. The van der Waals surface area contributed by atoms with Gasteiger partial charge in [-0.25, -0.2) is 9.79 Å². The number of rotatable bonds is 1. The second kappa shape index (κ2) is 3.52. The van der Waals surface area contributed by atoms with Crippen LogP contribution in [0.3, 0.4) is 0 Å². The van der Waals surface area contributed by atoms with Crippen molar-refractivity contribution in [3.63, 3.8) is 0 Å². The van der Waals surface area contributed by atoms with E-state index in [-0.39, 0.29) is 5.75 Å². The molecule has 62 valence electrons. The molecular formula is C8H8N2O2. The van der Waals surface area contributed by atoms with E-state index < -0.39 is 6.03 Å². The molecule has 2 amide bonds. The number of phenolic OH excluding ortho intramolecular Hbond substituents is 1. The molecule has 0 spiro atoms. The molecule has 0 aromatic heterocycles. The molecule has 0 atom stereocenters. The zero-order valence-electron chi connectivity index (χ0n) is 6.27. The van der Waals surface area contributed by atoms with Crippen LogP contribution >= 0.6 is 0 Å². The molecule has 3 N–H and O–H groups in total. The van der Waals surface area contributed by atoms with Crippen LogP contribution in [-0.2, 0) is 0 Å². The lowest BCUT2D eigenvalue weighted by Gasteiger charge is -1.94. The summed E-state index contributed by atoms with van der Waals surface area (Å²) in [6.45, 7) is 0. The largest absolute Gasteiger partial charge is 0.507 e. The number of hydrogen-bond acceptors (Lipinski definition) is 2. The maximum atomic E-state index is 10.2. The lowest BCUT2D eigenvalue weighted by atomic mass is 10.2. The van der Waals surface area contributed by atoms with Gasteiger partial charge in [0.2, 0.25) is 0 Å². The van der Waals surface area contributed by atoms with Gasteiger partial charge in [0.1, 0.15) is 5.75 Å². The van der Waals surface area contributed by atoms with Crippen molar-refractivity contribution in [3.8, 4) is 5.75 Å². The number of urea groups is 1. The molecular weight excluding hydrogens is 156 g/mol. The van der Waals surface area contributed by atoms with E-state index in [2.05, 4.69) is 4.99 Å². The number of aliphatic imine (C=N–C) groups is 1. The van der Waals surface area contributed by atoms with Crippen molar-refractivity contribution in [2.75, 3.05) is 0 Å². The van der Waals surface area contributed by atoms with E-state index in [1.54, 1.807) is 18.2 Å². The Labute approximate surface area is 69.4 Å². The summed E-state index contributed by atoms with van der Waals surface area (Å²) in [4.78, 5) is 13.5. The molecule has 1 aromatic rings. The fourth-order valence-electron chi connectivity index (χ4n) is 0.730. The number of para-hydroxylation sites is 1. The summed E-state index contributed by atoms with van der Waals surface area (Å²) in [7, 11) is 0. The lowest BCUT2D eigenvalue weighted by Crippen LogP contribution is -2.04. The van der Waals surface area contributed by atoms with E-state index in [1.165, 1.54) is 12.3 Å². The fourth-order valence-corrected chi connectivity index (χ4v) is 0.730. The minimum Gasteiger partial charge on any atom is -0.507 e. The van der Waals surface area contributed by atoms with Gasteiger partial charge in [0, 0.05) is 11.8 Å². The molecule has 0 radical (unpaired) electrons. The van der Waals surface area contributed by atoms with Gasteiger partial charge >= 0.3 is 6.03 Å². The number of carbonyl (C=O) groups excluding carboxylic acids is 1. The number of primary amides is 1. The van der Waals surface area contributed by atoms with Crippen LogP contribution in [0.1, 0.15) is 5.56 Å². The van der Waals surface area contributed by atoms with E-state index in [0.29, 0.717) is 5.56 Å². The van der Waals surface area contributed by atoms with Crippen molar-refractivity contribution in [1.29, 1.82) is 0 Å². The van der Waals surface area contributed by atoms with Crippen LogP contribution in [0, 0.1) is 0 Å². The predicted molar refractivity (Wildman–Crippen MR) is 45.3 cm³/mol. The Bertz CT molecular complexity index is 321. The number of phenols is 1. The first-order valence-electron chi connectivity index (χ1n) is 3.31. The van der Waals surface area contributed by atoms with E-state index in [9.17, 15) is 9.90 Å². The number of hydrogen-bond donors (Lipinski definition) is 2. The highest BCUT2D eigenvalue weighted by Gasteiger charge is 1.94. The predicted octanol–water partition coefficient (Wildman–Crippen LogP) is 0.890. The third-order valence-electron chi connectivity index (χ3n) is 1.27. The van der Waals surface area contributed by atoms with Crippen LogP contribution < -0.4 is 5.73 Å². The summed E-state index contributed by atoms with van der Waals surface area (Å²) >= 11 is 0. The van der Waals surface area contributed by atoms with E-state index in [0.717, 1.165) is 0 Å². The number of carbonyl (C=O) groups is 1. The molecule has 4 heteroatoms. The average Bonchev–Trinajstić information content (AvgIpc) is 2.03. The lowest BCUT2D eigenvalue weighted by molar-refractivity contribution is 0.257. The number of benzene rings is 1. The van der Waals surface area contributed by atoms with Crippen LogP contribution in [0.2, 0.25) is 0 Å². The summed E-state index contributed by atoms with van der Waals surface area (Å²) < 4.78 is 0. The molecule has 0 fully saturated rings. The zero-order chi connectivity index (χ0) is 8.97. The molecule has 0 aliphatic heterocycles. The van der Waals surface area contributed by atoms with Gasteiger partial charge in [-0.15, -0.1) is 0 Å². The van der Waals surface area contributed by atoms with Gasteiger partial charge in [0.05, 0.1) is 0 Å². The highest BCUT2D eigenvalue weighted by molar-refractivity contribution is 5.92. The summed E-state index contributed by atoms with van der Waals surface area (Å²) in [5.41, 5.74) is 5.24. The number of amides is 2. The highest BCUT2D eigenvalue weighted by Crippen LogP contribution is 2.12. The molecule has 0 unspecified atom stereocenters. The van der Waals surface area contributed by atoms with E-state index >= 15 is 0 Å². The molecule has 1 aromatic carbocycles. The third kappa shape index (κ3) is 2.09. The molecule has 12 heavy (non-hydrogen) atoms. The van der Waals surface area contributed by atoms with Crippen LogP contribution in [0.5, 0.6) is 5.75 Å². The molecule has 0 aliphatic carbocycles. The molecule has 0 aliphatic rings. The van der Waals surface area contributed by atoms with Crippen LogP contribution in [0.15, 0.2) is 29.3 Å². The molecule has 0 saturated heterocycles. The van der Waals surface area contributed by atoms with Crippen LogP contribution in [0.25, 0.3) is 0 Å². The van der Waals surface area contributed by atoms with Crippen molar-refractivity contribution in [2.45, 2.75) is 0 Å². The second-order valence-corrected chi connectivity index (χ2v) is 2.16. The van der Waals surface area contributed by atoms with Crippen LogP contribution in [-0.4, -0.2) is 17.4 Å². The Morgan fingerprint density at radius 3 is 2.75 bits per heavy atom. The van der Waals surface area contributed by atoms with Gasteiger partial charge in [-0.1, -0.05) is 12.1 Å². The summed E-state index contributed by atoms with van der Waals surface area (Å²) in [5.74, 6) is 0.0718. The first-order chi connectivity index (χ1) is 5.70. The fraction of sp³-hybridized carbons (Fsp3) is 0. The van der Waals surface area contributed by atoms with Gasteiger partial charge in [-0.3, -0.25) is 0 Å². The van der Waals surface area contributed by atoms with Gasteiger partial charge in [-0.2, -0.15) is 0 Å². The van der Waals surface area contributed by atoms with Crippen molar-refractivity contribution >= 4 is 12.2 Å². The van der Waals surface area contributed by atoms with Crippen LogP contribution in [0.4, 0.5) is 4.79 Å². The van der Waals surface area contributed by atoms with Gasteiger partial charge < -0.3 is 10.8 Å². The third-order valence-corrected chi connectivity index (χ3v) is 1.27. The monoisotopic (exact) mass is 164 g/mol. The SMILES string of the molecule is NC(=O)N=Cc1ccccc1O. The second-order valence-electron chi connectivity index (χ2n) is 2.16. The van der Waals surface area contributed by atoms with E-state index in [4.69, 9.17) is 5.73 Å². The highest BCUT2D eigenvalue weighted by atomic mass is 16.3. The van der Waals surface area contributed by atoms with Gasteiger partial charge in [0.15, 0.2) is 0 Å². The Morgan fingerprint density at radius 1 is 1.50 bits per heavy atom. The van der Waals surface area contributed by atoms with E-state index in [1.807, 2.05) is 0 Å². The molecule has 4 nitrogen and oxygen atoms in total. The van der Waals surface area contributed by atoms with Crippen molar-refractivity contribution in [1.82, 2.24) is 0 Å². The standard InChI is InChI=1S/C8H8N2O2/c9-8(12)10-5-6-3-1-2-4-7(6)11/h1-5,11H,(H2,9,12). The minimum atomic E-state index is -0.779. The first-order valence-corrected chi connectivity index (χ1v) is 3.31.